The van der Waals surface area contributed by atoms with Gasteiger partial charge >= 0.3 is 0 Å². The van der Waals surface area contributed by atoms with Gasteiger partial charge in [0.2, 0.25) is 0 Å². The first-order valence-electron chi connectivity index (χ1n) is 4.33. The fourth-order valence-electron chi connectivity index (χ4n) is 1.15. The van der Waals surface area contributed by atoms with Crippen LogP contribution in [0, 0.1) is 0 Å². The zero-order valence-corrected chi connectivity index (χ0v) is 8.38. The van der Waals surface area contributed by atoms with E-state index in [0.29, 0.717) is 6.54 Å². The molecule has 0 aliphatic heterocycles. The van der Waals surface area contributed by atoms with Crippen LogP contribution in [-0.2, 0) is 0 Å². The highest BCUT2D eigenvalue weighted by Crippen LogP contribution is 2.15. The zero-order valence-electron chi connectivity index (χ0n) is 7.63. The summed E-state index contributed by atoms with van der Waals surface area (Å²) in [7, 11) is 0. The van der Waals surface area contributed by atoms with Crippen LogP contribution >= 0.6 is 11.6 Å². The average Bonchev–Trinajstić information content (AvgIpc) is 2.15. The van der Waals surface area contributed by atoms with Gasteiger partial charge < -0.3 is 10.4 Å². The van der Waals surface area contributed by atoms with Crippen LogP contribution in [0.4, 0.5) is 0 Å². The molecule has 0 fully saturated rings. The van der Waals surface area contributed by atoms with Crippen LogP contribution in [0.3, 0.4) is 0 Å². The number of halogens is 1. The Morgan fingerprint density at radius 3 is 2.54 bits per heavy atom. The van der Waals surface area contributed by atoms with Crippen LogP contribution in [0.15, 0.2) is 24.3 Å². The van der Waals surface area contributed by atoms with E-state index in [0.717, 1.165) is 5.02 Å². The highest BCUT2D eigenvalue weighted by Gasteiger charge is 2.02. The molecule has 2 N–H and O–H groups in total. The molecule has 1 rings (SSSR count). The molecule has 0 aromatic heterocycles. The second-order valence-electron chi connectivity index (χ2n) is 2.95. The molecule has 0 amide bonds. The Labute approximate surface area is 83.5 Å². The number of nitrogens with one attached hydrogen (secondary N) is 1. The van der Waals surface area contributed by atoms with Gasteiger partial charge in [-0.3, -0.25) is 0 Å². The fourth-order valence-corrected chi connectivity index (χ4v) is 1.28. The van der Waals surface area contributed by atoms with Crippen molar-refractivity contribution in [2.75, 3.05) is 13.2 Å². The summed E-state index contributed by atoms with van der Waals surface area (Å²) in [4.78, 5) is 0. The molecular weight excluding hydrogens is 186 g/mol. The van der Waals surface area contributed by atoms with Crippen molar-refractivity contribution in [3.63, 3.8) is 0 Å². The van der Waals surface area contributed by atoms with Crippen LogP contribution in [0.25, 0.3) is 0 Å². The molecule has 2 nitrogen and oxygen atoms in total. The third-order valence-corrected chi connectivity index (χ3v) is 2.18. The van der Waals surface area contributed by atoms with Crippen molar-refractivity contribution in [1.29, 1.82) is 0 Å². The predicted octanol–water partition coefficient (Wildman–Crippen LogP) is 1.98. The van der Waals surface area contributed by atoms with Gasteiger partial charge in [-0.25, -0.2) is 0 Å². The highest BCUT2D eigenvalue weighted by atomic mass is 35.5. The van der Waals surface area contributed by atoms with E-state index in [1.54, 1.807) is 0 Å². The lowest BCUT2D eigenvalue weighted by Crippen LogP contribution is -2.21. The van der Waals surface area contributed by atoms with E-state index in [4.69, 9.17) is 16.7 Å². The topological polar surface area (TPSA) is 32.3 Å². The summed E-state index contributed by atoms with van der Waals surface area (Å²) in [6, 6.07) is 7.96. The Bertz CT molecular complexity index is 248. The summed E-state index contributed by atoms with van der Waals surface area (Å²) in [5.74, 6) is 0. The van der Waals surface area contributed by atoms with Gasteiger partial charge in [-0.2, -0.15) is 0 Å². The zero-order chi connectivity index (χ0) is 9.68. The van der Waals surface area contributed by atoms with E-state index in [1.165, 1.54) is 5.56 Å². The smallest absolute Gasteiger partial charge is 0.0556 e. The second-order valence-corrected chi connectivity index (χ2v) is 3.39. The quantitative estimate of drug-likeness (QED) is 0.778. The first-order chi connectivity index (χ1) is 6.24. The Kier molecular flexibility index (Phi) is 4.22. The van der Waals surface area contributed by atoms with Crippen LogP contribution < -0.4 is 5.32 Å². The van der Waals surface area contributed by atoms with Gasteiger partial charge in [-0.1, -0.05) is 23.7 Å². The Morgan fingerprint density at radius 1 is 1.38 bits per heavy atom. The number of hydrogen-bond acceptors (Lipinski definition) is 2. The number of hydrogen-bond donors (Lipinski definition) is 2. The first kappa shape index (κ1) is 10.5. The lowest BCUT2D eigenvalue weighted by Gasteiger charge is -2.12. The Hall–Kier alpha value is -0.570. The molecule has 0 radical (unpaired) electrons. The van der Waals surface area contributed by atoms with Crippen LogP contribution in [0.1, 0.15) is 18.5 Å². The molecule has 0 unspecified atom stereocenters. The molecule has 0 spiro atoms. The van der Waals surface area contributed by atoms with Gasteiger partial charge in [-0.05, 0) is 24.6 Å². The van der Waals surface area contributed by atoms with Crippen molar-refractivity contribution in [2.24, 2.45) is 0 Å². The molecule has 0 saturated heterocycles. The van der Waals surface area contributed by atoms with Crippen molar-refractivity contribution in [3.05, 3.63) is 34.9 Å². The van der Waals surface area contributed by atoms with Gasteiger partial charge in [0.15, 0.2) is 0 Å². The van der Waals surface area contributed by atoms with Crippen molar-refractivity contribution in [1.82, 2.24) is 5.32 Å². The molecule has 1 aromatic rings. The standard InChI is InChI=1S/C10H14ClNO/c1-8(12-6-7-13)9-2-4-10(11)5-3-9/h2-5,8,12-13H,6-7H2,1H3/t8-/m0/s1. The molecule has 72 valence electrons. The largest absolute Gasteiger partial charge is 0.395 e. The van der Waals surface area contributed by atoms with Crippen LogP contribution in [-0.4, -0.2) is 18.3 Å². The van der Waals surface area contributed by atoms with Gasteiger partial charge in [0.1, 0.15) is 0 Å². The van der Waals surface area contributed by atoms with Crippen molar-refractivity contribution in [3.8, 4) is 0 Å². The minimum Gasteiger partial charge on any atom is -0.395 e. The summed E-state index contributed by atoms with van der Waals surface area (Å²) in [6.07, 6.45) is 0. The average molecular weight is 200 g/mol. The molecule has 0 aliphatic carbocycles. The van der Waals surface area contributed by atoms with Crippen LogP contribution in [0.2, 0.25) is 5.02 Å². The maximum absolute atomic E-state index is 8.62. The van der Waals surface area contributed by atoms with E-state index in [2.05, 4.69) is 12.2 Å². The van der Waals surface area contributed by atoms with E-state index in [9.17, 15) is 0 Å². The molecule has 0 saturated carbocycles. The van der Waals surface area contributed by atoms with Gasteiger partial charge in [0.25, 0.3) is 0 Å². The summed E-state index contributed by atoms with van der Waals surface area (Å²) in [5.41, 5.74) is 1.18. The maximum atomic E-state index is 8.62. The Morgan fingerprint density at radius 2 is 2.00 bits per heavy atom. The molecule has 13 heavy (non-hydrogen) atoms. The second kappa shape index (κ2) is 5.22. The van der Waals surface area contributed by atoms with Crippen molar-refractivity contribution < 1.29 is 5.11 Å². The lowest BCUT2D eigenvalue weighted by molar-refractivity contribution is 0.286. The molecule has 1 atom stereocenters. The number of rotatable bonds is 4. The fraction of sp³-hybridized carbons (Fsp3) is 0.400. The highest BCUT2D eigenvalue weighted by molar-refractivity contribution is 6.30. The lowest BCUT2D eigenvalue weighted by atomic mass is 10.1. The van der Waals surface area contributed by atoms with Crippen molar-refractivity contribution in [2.45, 2.75) is 13.0 Å². The van der Waals surface area contributed by atoms with Gasteiger partial charge in [-0.15, -0.1) is 0 Å². The van der Waals surface area contributed by atoms with Gasteiger partial charge in [0, 0.05) is 17.6 Å². The monoisotopic (exact) mass is 199 g/mol. The number of aliphatic hydroxyl groups is 1. The maximum Gasteiger partial charge on any atom is 0.0556 e. The summed E-state index contributed by atoms with van der Waals surface area (Å²) in [5, 5.41) is 12.5. The van der Waals surface area contributed by atoms with Crippen LogP contribution in [0.5, 0.6) is 0 Å². The third kappa shape index (κ3) is 3.35. The summed E-state index contributed by atoms with van der Waals surface area (Å²) >= 11 is 5.76. The first-order valence-corrected chi connectivity index (χ1v) is 4.71. The summed E-state index contributed by atoms with van der Waals surface area (Å²) in [6.45, 7) is 2.83. The number of benzene rings is 1. The Balaban J connectivity index is 2.55. The van der Waals surface area contributed by atoms with E-state index >= 15 is 0 Å². The van der Waals surface area contributed by atoms with E-state index in [-0.39, 0.29) is 12.6 Å². The summed E-state index contributed by atoms with van der Waals surface area (Å²) < 4.78 is 0. The van der Waals surface area contributed by atoms with Crippen molar-refractivity contribution >= 4 is 11.6 Å². The molecule has 0 aliphatic rings. The SMILES string of the molecule is C[C@H](NCCO)c1ccc(Cl)cc1. The molecular formula is C10H14ClNO. The van der Waals surface area contributed by atoms with Gasteiger partial charge in [0.05, 0.1) is 6.61 Å². The number of aliphatic hydroxyl groups excluding tert-OH is 1. The molecule has 0 heterocycles. The minimum absolute atomic E-state index is 0.165. The minimum atomic E-state index is 0.165. The predicted molar refractivity (Wildman–Crippen MR) is 55.0 cm³/mol. The normalized spacial score (nSPS) is 12.8. The van der Waals surface area contributed by atoms with E-state index in [1.807, 2.05) is 24.3 Å². The molecule has 0 bridgehead atoms. The molecule has 3 heteroatoms. The van der Waals surface area contributed by atoms with E-state index < -0.39 is 0 Å². The molecule has 1 aromatic carbocycles. The third-order valence-electron chi connectivity index (χ3n) is 1.93.